The number of rotatable bonds is 6. The summed E-state index contributed by atoms with van der Waals surface area (Å²) in [5.41, 5.74) is 0.911. The maximum Gasteiger partial charge on any atom is 0.322 e. The molecule has 0 spiro atoms. The second-order valence-corrected chi connectivity index (χ2v) is 6.82. The molecule has 2 aromatic carbocycles. The summed E-state index contributed by atoms with van der Waals surface area (Å²) in [6.45, 7) is 1.52. The molecule has 2 amide bonds. The van der Waals surface area contributed by atoms with Gasteiger partial charge >= 0.3 is 6.03 Å². The first-order valence-electron chi connectivity index (χ1n) is 7.75. The maximum absolute atomic E-state index is 13.8. The molecule has 0 fully saturated rings. The van der Waals surface area contributed by atoms with E-state index >= 15 is 0 Å². The van der Waals surface area contributed by atoms with Crippen LogP contribution in [0.3, 0.4) is 0 Å². The second kappa shape index (κ2) is 8.92. The van der Waals surface area contributed by atoms with Gasteiger partial charge in [-0.15, -0.1) is 0 Å². The van der Waals surface area contributed by atoms with Crippen LogP contribution in [0.4, 0.5) is 19.3 Å². The Hall–Kier alpha value is -1.99. The molecule has 0 atom stereocenters. The molecule has 7 heteroatoms. The van der Waals surface area contributed by atoms with E-state index in [2.05, 4.69) is 21.2 Å². The Morgan fingerprint density at radius 2 is 1.76 bits per heavy atom. The summed E-state index contributed by atoms with van der Waals surface area (Å²) in [5, 5.41) is 2.51. The summed E-state index contributed by atoms with van der Waals surface area (Å²) in [6, 6.07) is 10.3. The van der Waals surface area contributed by atoms with Crippen LogP contribution in [0.1, 0.15) is 5.56 Å². The number of amides is 2. The van der Waals surface area contributed by atoms with Crippen molar-refractivity contribution in [3.05, 3.63) is 64.1 Å². The predicted octanol–water partition coefficient (Wildman–Crippen LogP) is 4.32. The molecule has 0 aliphatic heterocycles. The number of urea groups is 1. The average molecular weight is 412 g/mol. The molecule has 0 aromatic heterocycles. The van der Waals surface area contributed by atoms with Crippen LogP contribution in [0, 0.1) is 11.6 Å². The van der Waals surface area contributed by atoms with Crippen LogP contribution in [-0.2, 0) is 6.54 Å². The number of carbonyl (C=O) groups is 1. The third-order valence-corrected chi connectivity index (χ3v) is 4.09. The molecule has 134 valence electrons. The number of likely N-dealkylation sites (N-methyl/N-ethyl adjacent to an activating group) is 1. The summed E-state index contributed by atoms with van der Waals surface area (Å²) in [5.74, 6) is -1.49. The summed E-state index contributed by atoms with van der Waals surface area (Å²) in [7, 11) is 3.82. The zero-order valence-electron chi connectivity index (χ0n) is 14.1. The van der Waals surface area contributed by atoms with Gasteiger partial charge in [0.2, 0.25) is 0 Å². The van der Waals surface area contributed by atoms with Crippen molar-refractivity contribution in [3.8, 4) is 0 Å². The highest BCUT2D eigenvalue weighted by atomic mass is 79.9. The molecule has 0 aliphatic rings. The van der Waals surface area contributed by atoms with Crippen LogP contribution in [0.5, 0.6) is 0 Å². The van der Waals surface area contributed by atoms with E-state index in [-0.39, 0.29) is 5.69 Å². The summed E-state index contributed by atoms with van der Waals surface area (Å²) >= 11 is 3.38. The van der Waals surface area contributed by atoms with Gasteiger partial charge in [0.25, 0.3) is 0 Å². The summed E-state index contributed by atoms with van der Waals surface area (Å²) in [6.07, 6.45) is 0. The number of nitrogens with one attached hydrogen (secondary N) is 1. The van der Waals surface area contributed by atoms with Gasteiger partial charge in [-0.05, 0) is 43.9 Å². The van der Waals surface area contributed by atoms with Crippen molar-refractivity contribution in [3.63, 3.8) is 0 Å². The van der Waals surface area contributed by atoms with Crippen molar-refractivity contribution < 1.29 is 13.6 Å². The average Bonchev–Trinajstić information content (AvgIpc) is 2.55. The molecule has 2 aromatic rings. The molecule has 25 heavy (non-hydrogen) atoms. The lowest BCUT2D eigenvalue weighted by Crippen LogP contribution is -2.39. The highest BCUT2D eigenvalue weighted by molar-refractivity contribution is 9.10. The van der Waals surface area contributed by atoms with E-state index in [1.807, 2.05) is 43.3 Å². The van der Waals surface area contributed by atoms with Crippen molar-refractivity contribution in [2.45, 2.75) is 6.54 Å². The maximum atomic E-state index is 13.8. The highest BCUT2D eigenvalue weighted by Gasteiger charge is 2.16. The number of hydrogen-bond acceptors (Lipinski definition) is 2. The number of carbonyl (C=O) groups excluding carboxylic acids is 1. The van der Waals surface area contributed by atoms with Gasteiger partial charge in [0, 0.05) is 30.2 Å². The largest absolute Gasteiger partial charge is 0.322 e. The zero-order chi connectivity index (χ0) is 18.4. The van der Waals surface area contributed by atoms with Crippen molar-refractivity contribution in [1.29, 1.82) is 0 Å². The minimum absolute atomic E-state index is 0.0444. The molecule has 0 aliphatic carbocycles. The van der Waals surface area contributed by atoms with E-state index in [4.69, 9.17) is 0 Å². The monoisotopic (exact) mass is 411 g/mol. The number of halogens is 3. The Bertz CT molecular complexity index is 723. The number of anilines is 1. The van der Waals surface area contributed by atoms with Gasteiger partial charge in [-0.1, -0.05) is 28.1 Å². The quantitative estimate of drug-likeness (QED) is 0.767. The van der Waals surface area contributed by atoms with E-state index in [0.29, 0.717) is 19.6 Å². The minimum atomic E-state index is -0.801. The number of hydrogen-bond donors (Lipinski definition) is 1. The first-order chi connectivity index (χ1) is 11.8. The zero-order valence-corrected chi connectivity index (χ0v) is 15.7. The summed E-state index contributed by atoms with van der Waals surface area (Å²) < 4.78 is 27.7. The van der Waals surface area contributed by atoms with Crippen LogP contribution in [-0.4, -0.2) is 43.0 Å². The fourth-order valence-electron chi connectivity index (χ4n) is 2.17. The standard InChI is InChI=1S/C18H20BrF2N3O/c1-23(2)9-10-24(12-13-3-5-14(19)6-4-13)18(25)22-17-8-7-15(20)11-16(17)21/h3-8,11H,9-10,12H2,1-2H3,(H,22,25). The summed E-state index contributed by atoms with van der Waals surface area (Å²) in [4.78, 5) is 16.1. The third kappa shape index (κ3) is 6.10. The van der Waals surface area contributed by atoms with Crippen LogP contribution >= 0.6 is 15.9 Å². The van der Waals surface area contributed by atoms with Crippen LogP contribution in [0.25, 0.3) is 0 Å². The number of benzene rings is 2. The topological polar surface area (TPSA) is 35.6 Å². The normalized spacial score (nSPS) is 10.8. The Kier molecular flexibility index (Phi) is 6.90. The molecule has 0 bridgehead atoms. The first-order valence-corrected chi connectivity index (χ1v) is 8.54. The van der Waals surface area contributed by atoms with Crippen LogP contribution in [0.15, 0.2) is 46.9 Å². The van der Waals surface area contributed by atoms with Gasteiger partial charge in [0.1, 0.15) is 11.6 Å². The fourth-order valence-corrected chi connectivity index (χ4v) is 2.43. The lowest BCUT2D eigenvalue weighted by atomic mass is 10.2. The van der Waals surface area contributed by atoms with E-state index < -0.39 is 17.7 Å². The van der Waals surface area contributed by atoms with E-state index in [1.165, 1.54) is 6.07 Å². The molecule has 1 N–H and O–H groups in total. The third-order valence-electron chi connectivity index (χ3n) is 3.56. The SMILES string of the molecule is CN(C)CCN(Cc1ccc(Br)cc1)C(=O)Nc1ccc(F)cc1F. The van der Waals surface area contributed by atoms with Crippen molar-refractivity contribution in [1.82, 2.24) is 9.80 Å². The van der Waals surface area contributed by atoms with Gasteiger partial charge in [-0.25, -0.2) is 13.6 Å². The van der Waals surface area contributed by atoms with Gasteiger partial charge < -0.3 is 15.1 Å². The predicted molar refractivity (Wildman–Crippen MR) is 98.5 cm³/mol. The molecule has 0 saturated heterocycles. The molecular weight excluding hydrogens is 392 g/mol. The Balaban J connectivity index is 2.12. The van der Waals surface area contributed by atoms with E-state index in [9.17, 15) is 13.6 Å². The molecule has 0 saturated carbocycles. The Morgan fingerprint density at radius 3 is 2.36 bits per heavy atom. The van der Waals surface area contributed by atoms with Crippen LogP contribution < -0.4 is 5.32 Å². The van der Waals surface area contributed by atoms with Crippen molar-refractivity contribution in [2.75, 3.05) is 32.5 Å². The van der Waals surface area contributed by atoms with Gasteiger partial charge in [0.15, 0.2) is 0 Å². The van der Waals surface area contributed by atoms with Gasteiger partial charge in [-0.3, -0.25) is 0 Å². The van der Waals surface area contributed by atoms with Crippen molar-refractivity contribution in [2.24, 2.45) is 0 Å². The molecule has 0 heterocycles. The van der Waals surface area contributed by atoms with Gasteiger partial charge in [-0.2, -0.15) is 0 Å². The number of nitrogens with zero attached hydrogens (tertiary/aromatic N) is 2. The van der Waals surface area contributed by atoms with Crippen molar-refractivity contribution >= 4 is 27.6 Å². The molecular formula is C18H20BrF2N3O. The second-order valence-electron chi connectivity index (χ2n) is 5.91. The lowest BCUT2D eigenvalue weighted by molar-refractivity contribution is 0.202. The lowest BCUT2D eigenvalue weighted by Gasteiger charge is -2.25. The Morgan fingerprint density at radius 1 is 1.08 bits per heavy atom. The Labute approximate surface area is 154 Å². The first kappa shape index (κ1) is 19.3. The molecule has 4 nitrogen and oxygen atoms in total. The molecule has 0 radical (unpaired) electrons. The highest BCUT2D eigenvalue weighted by Crippen LogP contribution is 2.17. The molecule has 2 rings (SSSR count). The van der Waals surface area contributed by atoms with Gasteiger partial charge in [0.05, 0.1) is 5.69 Å². The fraction of sp³-hybridized carbons (Fsp3) is 0.278. The van der Waals surface area contributed by atoms with E-state index in [0.717, 1.165) is 22.2 Å². The van der Waals surface area contributed by atoms with Crippen LogP contribution in [0.2, 0.25) is 0 Å². The van der Waals surface area contributed by atoms with E-state index in [1.54, 1.807) is 4.90 Å². The smallest absolute Gasteiger partial charge is 0.319 e. The minimum Gasteiger partial charge on any atom is -0.319 e. The molecule has 0 unspecified atom stereocenters.